The van der Waals surface area contributed by atoms with Crippen molar-refractivity contribution in [2.45, 2.75) is 26.0 Å². The fourth-order valence-corrected chi connectivity index (χ4v) is 2.06. The van der Waals surface area contributed by atoms with Crippen LogP contribution in [0.3, 0.4) is 0 Å². The van der Waals surface area contributed by atoms with Crippen molar-refractivity contribution < 1.29 is 18.7 Å². The summed E-state index contributed by atoms with van der Waals surface area (Å²) in [5.74, 6) is 0.0915. The van der Waals surface area contributed by atoms with Crippen LogP contribution in [-0.4, -0.2) is 19.1 Å². The van der Waals surface area contributed by atoms with Gasteiger partial charge in [-0.25, -0.2) is 4.39 Å². The Bertz CT molecular complexity index is 643. The summed E-state index contributed by atoms with van der Waals surface area (Å²) in [5, 5.41) is 2.80. The predicted octanol–water partition coefficient (Wildman–Crippen LogP) is 3.31. The number of amides is 1. The van der Waals surface area contributed by atoms with E-state index >= 15 is 0 Å². The molecule has 0 aliphatic carbocycles. The Morgan fingerprint density at radius 2 is 1.87 bits per heavy atom. The number of rotatable bonds is 7. The van der Waals surface area contributed by atoms with Gasteiger partial charge >= 0.3 is 0 Å². The summed E-state index contributed by atoms with van der Waals surface area (Å²) in [6.07, 6.45) is -0.284. The smallest absolute Gasteiger partial charge is 0.261 e. The summed E-state index contributed by atoms with van der Waals surface area (Å²) in [7, 11) is 1.60. The molecule has 5 heteroatoms. The van der Waals surface area contributed by atoms with Crippen LogP contribution in [0, 0.1) is 5.82 Å². The molecule has 0 aliphatic rings. The molecule has 122 valence electrons. The quantitative estimate of drug-likeness (QED) is 0.852. The number of carbonyl (C=O) groups is 1. The van der Waals surface area contributed by atoms with Crippen molar-refractivity contribution >= 4 is 5.91 Å². The second-order valence-corrected chi connectivity index (χ2v) is 5.01. The maximum atomic E-state index is 13.6. The second-order valence-electron chi connectivity index (χ2n) is 5.01. The first kappa shape index (κ1) is 16.8. The largest absolute Gasteiger partial charge is 0.497 e. The molecule has 0 aliphatic heterocycles. The molecule has 2 aromatic carbocycles. The molecule has 1 amide bonds. The molecule has 0 heterocycles. The lowest BCUT2D eigenvalue weighted by atomic mass is 10.2. The van der Waals surface area contributed by atoms with Crippen LogP contribution in [0.15, 0.2) is 48.5 Å². The second kappa shape index (κ2) is 8.17. The summed E-state index contributed by atoms with van der Waals surface area (Å²) in [6, 6.07) is 13.5. The highest BCUT2D eigenvalue weighted by atomic mass is 19.1. The third-order valence-corrected chi connectivity index (χ3v) is 3.39. The predicted molar refractivity (Wildman–Crippen MR) is 85.9 cm³/mol. The van der Waals surface area contributed by atoms with E-state index in [-0.39, 0.29) is 11.7 Å². The van der Waals surface area contributed by atoms with Gasteiger partial charge in [-0.1, -0.05) is 31.2 Å². The zero-order valence-electron chi connectivity index (χ0n) is 13.2. The van der Waals surface area contributed by atoms with Crippen molar-refractivity contribution in [2.24, 2.45) is 0 Å². The van der Waals surface area contributed by atoms with Crippen molar-refractivity contribution in [3.63, 3.8) is 0 Å². The van der Waals surface area contributed by atoms with Gasteiger partial charge in [0, 0.05) is 6.54 Å². The van der Waals surface area contributed by atoms with Crippen LogP contribution in [-0.2, 0) is 11.3 Å². The topological polar surface area (TPSA) is 47.6 Å². The van der Waals surface area contributed by atoms with Crippen LogP contribution in [0.4, 0.5) is 4.39 Å². The molecule has 0 spiro atoms. The third kappa shape index (κ3) is 4.71. The van der Waals surface area contributed by atoms with E-state index in [2.05, 4.69) is 5.32 Å². The number of ether oxygens (including phenoxy) is 2. The van der Waals surface area contributed by atoms with Crippen molar-refractivity contribution in [3.8, 4) is 11.5 Å². The van der Waals surface area contributed by atoms with Crippen LogP contribution >= 0.6 is 0 Å². The van der Waals surface area contributed by atoms with Crippen molar-refractivity contribution in [3.05, 3.63) is 59.9 Å². The maximum Gasteiger partial charge on any atom is 0.261 e. The molecule has 0 bridgehead atoms. The minimum Gasteiger partial charge on any atom is -0.497 e. The molecule has 0 aromatic heterocycles. The van der Waals surface area contributed by atoms with Gasteiger partial charge in [0.05, 0.1) is 7.11 Å². The first-order valence-electron chi connectivity index (χ1n) is 7.46. The van der Waals surface area contributed by atoms with E-state index in [0.29, 0.717) is 13.0 Å². The lowest BCUT2D eigenvalue weighted by Gasteiger charge is -2.17. The fourth-order valence-electron chi connectivity index (χ4n) is 2.06. The Kier molecular flexibility index (Phi) is 5.97. The highest BCUT2D eigenvalue weighted by Crippen LogP contribution is 2.18. The number of methoxy groups -OCH3 is 1. The fraction of sp³-hybridized carbons (Fsp3) is 0.278. The molecule has 2 rings (SSSR count). The maximum absolute atomic E-state index is 13.6. The molecule has 1 N–H and O–H groups in total. The van der Waals surface area contributed by atoms with E-state index in [4.69, 9.17) is 9.47 Å². The molecular weight excluding hydrogens is 297 g/mol. The number of para-hydroxylation sites is 1. The molecule has 4 nitrogen and oxygen atoms in total. The summed E-state index contributed by atoms with van der Waals surface area (Å²) in [6.45, 7) is 2.19. The van der Waals surface area contributed by atoms with Crippen molar-refractivity contribution in [1.82, 2.24) is 5.32 Å². The van der Waals surface area contributed by atoms with Crippen LogP contribution in [0.5, 0.6) is 11.5 Å². The Balaban J connectivity index is 1.93. The van der Waals surface area contributed by atoms with Gasteiger partial charge < -0.3 is 14.8 Å². The molecule has 23 heavy (non-hydrogen) atoms. The zero-order valence-corrected chi connectivity index (χ0v) is 13.2. The molecule has 1 atom stereocenters. The molecule has 0 saturated heterocycles. The third-order valence-electron chi connectivity index (χ3n) is 3.39. The van der Waals surface area contributed by atoms with E-state index in [9.17, 15) is 9.18 Å². The summed E-state index contributed by atoms with van der Waals surface area (Å²) in [4.78, 5) is 12.2. The van der Waals surface area contributed by atoms with Crippen molar-refractivity contribution in [2.75, 3.05) is 7.11 Å². The summed E-state index contributed by atoms with van der Waals surface area (Å²) >= 11 is 0. The lowest BCUT2D eigenvalue weighted by Crippen LogP contribution is -2.37. The average Bonchev–Trinajstić information content (AvgIpc) is 2.59. The van der Waals surface area contributed by atoms with E-state index in [0.717, 1.165) is 11.3 Å². The normalized spacial score (nSPS) is 11.6. The Morgan fingerprint density at radius 1 is 1.17 bits per heavy atom. The van der Waals surface area contributed by atoms with Crippen LogP contribution in [0.25, 0.3) is 0 Å². The van der Waals surface area contributed by atoms with E-state index in [1.165, 1.54) is 12.1 Å². The Labute approximate surface area is 135 Å². The van der Waals surface area contributed by atoms with Crippen LogP contribution in [0.2, 0.25) is 0 Å². The van der Waals surface area contributed by atoms with E-state index in [1.807, 2.05) is 31.2 Å². The average molecular weight is 317 g/mol. The monoisotopic (exact) mass is 317 g/mol. The Morgan fingerprint density at radius 3 is 2.48 bits per heavy atom. The SMILES string of the molecule is CC[C@@H](Oc1ccccc1F)C(=O)NCc1ccc(OC)cc1. The van der Waals surface area contributed by atoms with Gasteiger partial charge in [0.25, 0.3) is 5.91 Å². The van der Waals surface area contributed by atoms with Gasteiger partial charge in [0.2, 0.25) is 0 Å². The zero-order chi connectivity index (χ0) is 16.7. The number of nitrogens with one attached hydrogen (secondary N) is 1. The van der Waals surface area contributed by atoms with Gasteiger partial charge in [-0.2, -0.15) is 0 Å². The van der Waals surface area contributed by atoms with Crippen molar-refractivity contribution in [1.29, 1.82) is 0 Å². The van der Waals surface area contributed by atoms with Crippen LogP contribution < -0.4 is 14.8 Å². The van der Waals surface area contributed by atoms with Gasteiger partial charge in [0.15, 0.2) is 17.7 Å². The number of halogens is 1. The number of hydrogen-bond acceptors (Lipinski definition) is 3. The molecule has 0 saturated carbocycles. The minimum atomic E-state index is -0.731. The number of benzene rings is 2. The first-order valence-corrected chi connectivity index (χ1v) is 7.46. The minimum absolute atomic E-state index is 0.0824. The lowest BCUT2D eigenvalue weighted by molar-refractivity contribution is -0.128. The van der Waals surface area contributed by atoms with Crippen LogP contribution in [0.1, 0.15) is 18.9 Å². The van der Waals surface area contributed by atoms with Gasteiger partial charge in [-0.3, -0.25) is 4.79 Å². The molecule has 0 unspecified atom stereocenters. The number of hydrogen-bond donors (Lipinski definition) is 1. The highest BCUT2D eigenvalue weighted by Gasteiger charge is 2.19. The molecule has 0 radical (unpaired) electrons. The Hall–Kier alpha value is -2.56. The van der Waals surface area contributed by atoms with E-state index < -0.39 is 11.9 Å². The molecule has 2 aromatic rings. The number of carbonyl (C=O) groups excluding carboxylic acids is 1. The summed E-state index contributed by atoms with van der Waals surface area (Å²) < 4.78 is 24.2. The summed E-state index contributed by atoms with van der Waals surface area (Å²) in [5.41, 5.74) is 0.944. The molecule has 0 fully saturated rings. The molecular formula is C18H20FNO3. The standard InChI is InChI=1S/C18H20FNO3/c1-3-16(23-17-7-5-4-6-15(17)19)18(21)20-12-13-8-10-14(22-2)11-9-13/h4-11,16H,3,12H2,1-2H3,(H,20,21)/t16-/m1/s1. The van der Waals surface area contributed by atoms with Gasteiger partial charge in [-0.15, -0.1) is 0 Å². The first-order chi connectivity index (χ1) is 11.1. The van der Waals surface area contributed by atoms with Gasteiger partial charge in [-0.05, 0) is 36.2 Å². The van der Waals surface area contributed by atoms with E-state index in [1.54, 1.807) is 19.2 Å². The highest BCUT2D eigenvalue weighted by molar-refractivity contribution is 5.81. The van der Waals surface area contributed by atoms with Gasteiger partial charge in [0.1, 0.15) is 5.75 Å².